The summed E-state index contributed by atoms with van der Waals surface area (Å²) in [6, 6.07) is 19.9. The van der Waals surface area contributed by atoms with Crippen LogP contribution < -0.4 is 25.0 Å². The van der Waals surface area contributed by atoms with E-state index in [1.54, 1.807) is 13.3 Å². The molecule has 0 atom stereocenters. The molecule has 0 spiro atoms. The van der Waals surface area contributed by atoms with Crippen molar-refractivity contribution in [3.05, 3.63) is 86.5 Å². The predicted octanol–water partition coefficient (Wildman–Crippen LogP) is 5.39. The lowest BCUT2D eigenvalue weighted by molar-refractivity contribution is 0.0755. The highest BCUT2D eigenvalue weighted by atomic mass is 127. The molecule has 0 aliphatic carbocycles. The Hall–Kier alpha value is -2.89. The molecular weight excluding hydrogens is 601 g/mol. The average Bonchev–Trinajstić information content (AvgIpc) is 2.90. The van der Waals surface area contributed by atoms with E-state index in [0.29, 0.717) is 49.6 Å². The summed E-state index contributed by atoms with van der Waals surface area (Å²) < 4.78 is 23.8. The van der Waals surface area contributed by atoms with Crippen LogP contribution in [0.15, 0.2) is 65.8 Å². The first-order chi connectivity index (χ1) is 18.0. The van der Waals surface area contributed by atoms with Crippen molar-refractivity contribution in [2.45, 2.75) is 20.4 Å². The molecule has 0 bridgehead atoms. The van der Waals surface area contributed by atoms with Crippen LogP contribution in [0.1, 0.15) is 22.3 Å². The van der Waals surface area contributed by atoms with Crippen molar-refractivity contribution in [3.8, 4) is 17.2 Å². The minimum absolute atomic E-state index is 0.395. The third-order valence-electron chi connectivity index (χ3n) is 5.38. The molecule has 9 heteroatoms. The van der Waals surface area contributed by atoms with Crippen molar-refractivity contribution in [2.24, 2.45) is 5.10 Å². The number of benzene rings is 3. The Morgan fingerprint density at radius 3 is 2.43 bits per heavy atom. The fourth-order valence-corrected chi connectivity index (χ4v) is 4.17. The Bertz CT molecular complexity index is 1190. The zero-order valence-electron chi connectivity index (χ0n) is 21.3. The molecule has 0 aliphatic heterocycles. The number of aryl methyl sites for hydroxylation is 2. The molecule has 0 aromatic heterocycles. The SMILES string of the molecule is COc1cc(/C=N/NC(=S)NCc2ccccc2)cc(I)c1OCCOCCOc1ccc(C)c(C)c1. The van der Waals surface area contributed by atoms with Crippen molar-refractivity contribution in [1.82, 2.24) is 10.7 Å². The van der Waals surface area contributed by atoms with E-state index in [-0.39, 0.29) is 0 Å². The molecule has 2 N–H and O–H groups in total. The number of rotatable bonds is 13. The summed E-state index contributed by atoms with van der Waals surface area (Å²) in [6.45, 7) is 6.58. The molecular formula is C28H32IN3O4S. The first-order valence-corrected chi connectivity index (χ1v) is 13.3. The Morgan fingerprint density at radius 2 is 1.70 bits per heavy atom. The lowest BCUT2D eigenvalue weighted by Gasteiger charge is -2.14. The van der Waals surface area contributed by atoms with Gasteiger partial charge in [0, 0.05) is 6.54 Å². The van der Waals surface area contributed by atoms with Crippen molar-refractivity contribution in [3.63, 3.8) is 0 Å². The summed E-state index contributed by atoms with van der Waals surface area (Å²) in [4.78, 5) is 0. The topological polar surface area (TPSA) is 73.3 Å². The Morgan fingerprint density at radius 1 is 0.946 bits per heavy atom. The second-order valence-corrected chi connectivity index (χ2v) is 9.70. The highest BCUT2D eigenvalue weighted by molar-refractivity contribution is 14.1. The van der Waals surface area contributed by atoms with Crippen molar-refractivity contribution in [1.29, 1.82) is 0 Å². The van der Waals surface area contributed by atoms with Gasteiger partial charge in [-0.05, 0) is 95.2 Å². The summed E-state index contributed by atoms with van der Waals surface area (Å²) >= 11 is 7.50. The standard InChI is InChI=1S/C28H32IN3O4S/c1-20-9-10-24(15-21(20)2)35-13-11-34-12-14-36-27-25(29)16-23(17-26(27)33-3)19-31-32-28(37)30-18-22-7-5-4-6-8-22/h4-10,15-17,19H,11-14,18H2,1-3H3,(H2,30,32,37)/b31-19+. The molecule has 0 heterocycles. The molecule has 3 rings (SSSR count). The minimum Gasteiger partial charge on any atom is -0.493 e. The third-order valence-corrected chi connectivity index (χ3v) is 6.41. The number of hydrogen-bond donors (Lipinski definition) is 2. The zero-order valence-corrected chi connectivity index (χ0v) is 24.2. The number of hydrazone groups is 1. The van der Waals surface area contributed by atoms with Crippen LogP contribution in [0.5, 0.6) is 17.2 Å². The molecule has 3 aromatic carbocycles. The molecule has 0 radical (unpaired) electrons. The van der Waals surface area contributed by atoms with E-state index in [1.807, 2.05) is 54.6 Å². The number of nitrogens with one attached hydrogen (secondary N) is 2. The van der Waals surface area contributed by atoms with E-state index in [9.17, 15) is 0 Å². The summed E-state index contributed by atoms with van der Waals surface area (Å²) in [7, 11) is 1.61. The zero-order chi connectivity index (χ0) is 26.5. The smallest absolute Gasteiger partial charge is 0.187 e. The van der Waals surface area contributed by atoms with Gasteiger partial charge in [0.05, 0.1) is 30.1 Å². The molecule has 0 fully saturated rings. The van der Waals surface area contributed by atoms with Crippen LogP contribution in [-0.4, -0.2) is 44.9 Å². The number of ether oxygens (including phenoxy) is 4. The monoisotopic (exact) mass is 633 g/mol. The highest BCUT2D eigenvalue weighted by Crippen LogP contribution is 2.33. The van der Waals surface area contributed by atoms with E-state index in [0.717, 1.165) is 20.4 Å². The van der Waals surface area contributed by atoms with Crippen LogP contribution in [-0.2, 0) is 11.3 Å². The first-order valence-electron chi connectivity index (χ1n) is 11.8. The van der Waals surface area contributed by atoms with Gasteiger partial charge in [-0.1, -0.05) is 36.4 Å². The maximum atomic E-state index is 5.94. The normalized spacial score (nSPS) is 10.8. The van der Waals surface area contributed by atoms with Gasteiger partial charge < -0.3 is 24.3 Å². The Balaban J connectivity index is 1.39. The Labute approximate surface area is 237 Å². The summed E-state index contributed by atoms with van der Waals surface area (Å²) in [6.07, 6.45) is 1.68. The van der Waals surface area contributed by atoms with Gasteiger partial charge in [0.25, 0.3) is 0 Å². The second kappa shape index (κ2) is 15.4. The number of nitrogens with zero attached hydrogens (tertiary/aromatic N) is 1. The summed E-state index contributed by atoms with van der Waals surface area (Å²) in [5, 5.41) is 7.79. The van der Waals surface area contributed by atoms with Crippen molar-refractivity contribution in [2.75, 3.05) is 33.5 Å². The van der Waals surface area contributed by atoms with Gasteiger partial charge in [-0.25, -0.2) is 0 Å². The van der Waals surface area contributed by atoms with Crippen LogP contribution in [0, 0.1) is 17.4 Å². The van der Waals surface area contributed by atoms with E-state index >= 15 is 0 Å². The maximum Gasteiger partial charge on any atom is 0.187 e. The van der Waals surface area contributed by atoms with Crippen LogP contribution in [0.3, 0.4) is 0 Å². The highest BCUT2D eigenvalue weighted by Gasteiger charge is 2.11. The number of methoxy groups -OCH3 is 1. The molecule has 37 heavy (non-hydrogen) atoms. The van der Waals surface area contributed by atoms with E-state index in [2.05, 4.69) is 58.3 Å². The van der Waals surface area contributed by atoms with Gasteiger partial charge >= 0.3 is 0 Å². The molecule has 0 saturated heterocycles. The van der Waals surface area contributed by atoms with Crippen LogP contribution in [0.2, 0.25) is 0 Å². The lowest BCUT2D eigenvalue weighted by atomic mass is 10.1. The molecule has 0 unspecified atom stereocenters. The van der Waals surface area contributed by atoms with Crippen molar-refractivity contribution >= 4 is 46.1 Å². The van der Waals surface area contributed by atoms with Crippen LogP contribution in [0.25, 0.3) is 0 Å². The van der Waals surface area contributed by atoms with E-state index in [4.69, 9.17) is 31.2 Å². The average molecular weight is 634 g/mol. The molecule has 0 amide bonds. The minimum atomic E-state index is 0.395. The number of thiocarbonyl (C=S) groups is 1. The largest absolute Gasteiger partial charge is 0.493 e. The van der Waals surface area contributed by atoms with Gasteiger partial charge in [0.2, 0.25) is 0 Å². The number of halogens is 1. The summed E-state index contributed by atoms with van der Waals surface area (Å²) in [5.41, 5.74) is 7.29. The molecule has 0 saturated carbocycles. The fraction of sp³-hybridized carbons (Fsp3) is 0.286. The van der Waals surface area contributed by atoms with Crippen molar-refractivity contribution < 1.29 is 18.9 Å². The van der Waals surface area contributed by atoms with Gasteiger partial charge in [-0.2, -0.15) is 5.10 Å². The third kappa shape index (κ3) is 9.83. The molecule has 7 nitrogen and oxygen atoms in total. The van der Waals surface area contributed by atoms with Crippen LogP contribution in [0.4, 0.5) is 0 Å². The van der Waals surface area contributed by atoms with Gasteiger partial charge in [0.15, 0.2) is 16.6 Å². The number of hydrogen-bond acceptors (Lipinski definition) is 6. The first kappa shape index (κ1) is 28.7. The van der Waals surface area contributed by atoms with Crippen LogP contribution >= 0.6 is 34.8 Å². The van der Waals surface area contributed by atoms with Gasteiger partial charge in [-0.3, -0.25) is 5.43 Å². The second-order valence-electron chi connectivity index (χ2n) is 8.13. The quantitative estimate of drug-likeness (QED) is 0.0861. The van der Waals surface area contributed by atoms with Gasteiger partial charge in [-0.15, -0.1) is 0 Å². The molecule has 0 aliphatic rings. The predicted molar refractivity (Wildman–Crippen MR) is 160 cm³/mol. The summed E-state index contributed by atoms with van der Waals surface area (Å²) in [5.74, 6) is 2.14. The lowest BCUT2D eigenvalue weighted by Crippen LogP contribution is -2.31. The molecule has 196 valence electrons. The van der Waals surface area contributed by atoms with E-state index in [1.165, 1.54) is 11.1 Å². The van der Waals surface area contributed by atoms with Gasteiger partial charge in [0.1, 0.15) is 19.0 Å². The van der Waals surface area contributed by atoms with E-state index < -0.39 is 0 Å². The Kier molecular flexibility index (Phi) is 11.9. The maximum absolute atomic E-state index is 5.94. The molecule has 3 aromatic rings. The fourth-order valence-electron chi connectivity index (χ4n) is 3.26.